The van der Waals surface area contributed by atoms with Crippen molar-refractivity contribution in [1.82, 2.24) is 0 Å². The van der Waals surface area contributed by atoms with Crippen LogP contribution in [-0.4, -0.2) is 18.9 Å². The molecule has 0 saturated carbocycles. The summed E-state index contributed by atoms with van der Waals surface area (Å²) in [5, 5.41) is 0. The van der Waals surface area contributed by atoms with Crippen LogP contribution in [0.15, 0.2) is 24.3 Å². The minimum Gasteiger partial charge on any atom is -0.466 e. The SMILES string of the molecule is COC(=O)C=CC=CCCC(C)=O. The van der Waals surface area contributed by atoms with E-state index >= 15 is 0 Å². The summed E-state index contributed by atoms with van der Waals surface area (Å²) in [6, 6.07) is 0. The van der Waals surface area contributed by atoms with Gasteiger partial charge in [0.05, 0.1) is 7.11 Å². The third-order valence-electron chi connectivity index (χ3n) is 1.34. The molecule has 0 atom stereocenters. The van der Waals surface area contributed by atoms with E-state index in [1.807, 2.05) is 6.08 Å². The van der Waals surface area contributed by atoms with Gasteiger partial charge in [0.2, 0.25) is 0 Å². The Hall–Kier alpha value is -1.38. The van der Waals surface area contributed by atoms with E-state index in [4.69, 9.17) is 0 Å². The summed E-state index contributed by atoms with van der Waals surface area (Å²) < 4.78 is 4.38. The molecule has 0 aromatic carbocycles. The molecule has 0 saturated heterocycles. The van der Waals surface area contributed by atoms with Crippen LogP contribution in [0.1, 0.15) is 19.8 Å². The van der Waals surface area contributed by atoms with Crippen LogP contribution in [0, 0.1) is 0 Å². The van der Waals surface area contributed by atoms with Gasteiger partial charge in [0.15, 0.2) is 0 Å². The summed E-state index contributed by atoms with van der Waals surface area (Å²) >= 11 is 0. The molecule has 0 aromatic heterocycles. The van der Waals surface area contributed by atoms with Crippen LogP contribution in [0.25, 0.3) is 0 Å². The molecule has 0 radical (unpaired) electrons. The van der Waals surface area contributed by atoms with Crippen molar-refractivity contribution in [2.75, 3.05) is 7.11 Å². The fourth-order valence-electron chi connectivity index (χ4n) is 0.664. The lowest BCUT2D eigenvalue weighted by atomic mass is 10.2. The van der Waals surface area contributed by atoms with E-state index < -0.39 is 0 Å². The fraction of sp³-hybridized carbons (Fsp3) is 0.400. The first-order valence-corrected chi connectivity index (χ1v) is 4.07. The van der Waals surface area contributed by atoms with Crippen LogP contribution < -0.4 is 0 Å². The number of methoxy groups -OCH3 is 1. The molecule has 0 aliphatic heterocycles. The summed E-state index contributed by atoms with van der Waals surface area (Å²) in [7, 11) is 1.33. The number of esters is 1. The van der Waals surface area contributed by atoms with Gasteiger partial charge >= 0.3 is 5.97 Å². The van der Waals surface area contributed by atoms with Gasteiger partial charge in [-0.05, 0) is 13.3 Å². The van der Waals surface area contributed by atoms with Crippen LogP contribution in [0.2, 0.25) is 0 Å². The highest BCUT2D eigenvalue weighted by Crippen LogP contribution is 1.92. The van der Waals surface area contributed by atoms with E-state index in [0.717, 1.165) is 0 Å². The maximum atomic E-state index is 10.6. The molecule has 0 heterocycles. The van der Waals surface area contributed by atoms with Crippen molar-refractivity contribution in [2.24, 2.45) is 0 Å². The lowest BCUT2D eigenvalue weighted by Gasteiger charge is -1.87. The average molecular weight is 182 g/mol. The van der Waals surface area contributed by atoms with Gasteiger partial charge in [0.25, 0.3) is 0 Å². The summed E-state index contributed by atoms with van der Waals surface area (Å²) in [4.78, 5) is 21.1. The molecule has 0 rings (SSSR count). The Morgan fingerprint density at radius 2 is 2.00 bits per heavy atom. The Morgan fingerprint density at radius 1 is 1.31 bits per heavy atom. The second-order valence-corrected chi connectivity index (χ2v) is 2.55. The van der Waals surface area contributed by atoms with Crippen molar-refractivity contribution in [3.05, 3.63) is 24.3 Å². The molecule has 13 heavy (non-hydrogen) atoms. The third kappa shape index (κ3) is 8.53. The van der Waals surface area contributed by atoms with Gasteiger partial charge in [-0.2, -0.15) is 0 Å². The molecule has 0 spiro atoms. The molecule has 3 nitrogen and oxygen atoms in total. The smallest absolute Gasteiger partial charge is 0.330 e. The summed E-state index contributed by atoms with van der Waals surface area (Å²) in [5.41, 5.74) is 0. The maximum absolute atomic E-state index is 10.6. The summed E-state index contributed by atoms with van der Waals surface area (Å²) in [5.74, 6) is -0.210. The molecule has 72 valence electrons. The normalized spacial score (nSPS) is 10.9. The molecule has 0 aliphatic rings. The Morgan fingerprint density at radius 3 is 2.54 bits per heavy atom. The van der Waals surface area contributed by atoms with Crippen LogP contribution in [-0.2, 0) is 14.3 Å². The standard InChI is InChI=1S/C10H14O3/c1-9(11)7-5-3-4-6-8-10(12)13-2/h3-4,6,8H,5,7H2,1-2H3. The van der Waals surface area contributed by atoms with Gasteiger partial charge in [-0.3, -0.25) is 0 Å². The molecular formula is C10H14O3. The van der Waals surface area contributed by atoms with E-state index in [1.54, 1.807) is 19.1 Å². The van der Waals surface area contributed by atoms with Gasteiger partial charge in [-0.15, -0.1) is 0 Å². The number of hydrogen-bond acceptors (Lipinski definition) is 3. The number of rotatable bonds is 5. The molecule has 0 aliphatic carbocycles. The van der Waals surface area contributed by atoms with Gasteiger partial charge in [-0.1, -0.05) is 18.2 Å². The van der Waals surface area contributed by atoms with Crippen molar-refractivity contribution in [2.45, 2.75) is 19.8 Å². The van der Waals surface area contributed by atoms with Crippen LogP contribution in [0.4, 0.5) is 0 Å². The van der Waals surface area contributed by atoms with Crippen LogP contribution in [0.3, 0.4) is 0 Å². The van der Waals surface area contributed by atoms with Gasteiger partial charge in [-0.25, -0.2) is 4.79 Å². The molecule has 0 N–H and O–H groups in total. The van der Waals surface area contributed by atoms with E-state index in [-0.39, 0.29) is 11.8 Å². The summed E-state index contributed by atoms with van der Waals surface area (Å²) in [6.45, 7) is 1.55. The van der Waals surface area contributed by atoms with Crippen molar-refractivity contribution in [1.29, 1.82) is 0 Å². The monoisotopic (exact) mass is 182 g/mol. The maximum Gasteiger partial charge on any atom is 0.330 e. The average Bonchev–Trinajstić information content (AvgIpc) is 2.10. The predicted octanol–water partition coefficient (Wildman–Crippen LogP) is 1.64. The number of allylic oxidation sites excluding steroid dienone is 3. The highest BCUT2D eigenvalue weighted by molar-refractivity contribution is 5.82. The Labute approximate surface area is 78.1 Å². The van der Waals surface area contributed by atoms with Gasteiger partial charge in [0, 0.05) is 12.5 Å². The minimum absolute atomic E-state index is 0.168. The first-order chi connectivity index (χ1) is 6.16. The molecule has 0 fully saturated rings. The number of carbonyl (C=O) groups excluding carboxylic acids is 2. The molecule has 0 aromatic rings. The van der Waals surface area contributed by atoms with Crippen molar-refractivity contribution >= 4 is 11.8 Å². The Balaban J connectivity index is 3.57. The second-order valence-electron chi connectivity index (χ2n) is 2.55. The zero-order valence-corrected chi connectivity index (χ0v) is 7.95. The Kier molecular flexibility index (Phi) is 6.51. The van der Waals surface area contributed by atoms with E-state index in [0.29, 0.717) is 12.8 Å². The number of hydrogen-bond donors (Lipinski definition) is 0. The molecular weight excluding hydrogens is 168 g/mol. The lowest BCUT2D eigenvalue weighted by molar-refractivity contribution is -0.134. The van der Waals surface area contributed by atoms with Crippen LogP contribution >= 0.6 is 0 Å². The third-order valence-corrected chi connectivity index (χ3v) is 1.34. The highest BCUT2D eigenvalue weighted by atomic mass is 16.5. The number of carbonyl (C=O) groups is 2. The zero-order chi connectivity index (χ0) is 10.1. The van der Waals surface area contributed by atoms with Crippen molar-refractivity contribution in [3.63, 3.8) is 0 Å². The Bertz CT molecular complexity index is 226. The predicted molar refractivity (Wildman–Crippen MR) is 50.2 cm³/mol. The second kappa shape index (κ2) is 7.28. The number of ether oxygens (including phenoxy) is 1. The summed E-state index contributed by atoms with van der Waals surface area (Å²) in [6.07, 6.45) is 7.72. The topological polar surface area (TPSA) is 43.4 Å². The van der Waals surface area contributed by atoms with Crippen molar-refractivity contribution in [3.8, 4) is 0 Å². The molecule has 0 bridgehead atoms. The fourth-order valence-corrected chi connectivity index (χ4v) is 0.664. The van der Waals surface area contributed by atoms with Crippen LogP contribution in [0.5, 0.6) is 0 Å². The largest absolute Gasteiger partial charge is 0.466 e. The van der Waals surface area contributed by atoms with E-state index in [1.165, 1.54) is 13.2 Å². The van der Waals surface area contributed by atoms with E-state index in [9.17, 15) is 9.59 Å². The van der Waals surface area contributed by atoms with Gasteiger partial charge in [0.1, 0.15) is 5.78 Å². The highest BCUT2D eigenvalue weighted by Gasteiger charge is 1.88. The molecule has 0 unspecified atom stereocenters. The first-order valence-electron chi connectivity index (χ1n) is 4.07. The number of Topliss-reactive ketones (excluding diaryl/α,β-unsaturated/α-hetero) is 1. The minimum atomic E-state index is -0.379. The van der Waals surface area contributed by atoms with Crippen molar-refractivity contribution < 1.29 is 14.3 Å². The lowest BCUT2D eigenvalue weighted by Crippen LogP contribution is -1.92. The zero-order valence-electron chi connectivity index (χ0n) is 7.95. The molecule has 0 amide bonds. The quantitative estimate of drug-likeness (QED) is 0.369. The molecule has 3 heteroatoms. The first kappa shape index (κ1) is 11.6. The van der Waals surface area contributed by atoms with E-state index in [2.05, 4.69) is 4.74 Å². The van der Waals surface area contributed by atoms with Gasteiger partial charge < -0.3 is 9.53 Å². The number of ketones is 1.